The number of phenolic OH excluding ortho intramolecular Hbond substituents is 1. The molecule has 3 aromatic rings. The van der Waals surface area contributed by atoms with Crippen molar-refractivity contribution in [3.8, 4) is 16.9 Å². The minimum atomic E-state index is -0.723. The Hall–Kier alpha value is -4.44. The summed E-state index contributed by atoms with van der Waals surface area (Å²) in [6, 6.07) is 14.0. The highest BCUT2D eigenvalue weighted by Gasteiger charge is 2.27. The summed E-state index contributed by atoms with van der Waals surface area (Å²) >= 11 is 0. The van der Waals surface area contributed by atoms with Crippen LogP contribution in [-0.4, -0.2) is 67.1 Å². The van der Waals surface area contributed by atoms with Crippen LogP contribution in [0.5, 0.6) is 5.75 Å². The van der Waals surface area contributed by atoms with Gasteiger partial charge in [0.05, 0.1) is 13.2 Å². The number of nitrogens with zero attached hydrogens (tertiary/aromatic N) is 1. The van der Waals surface area contributed by atoms with Crippen molar-refractivity contribution < 1.29 is 28.6 Å². The van der Waals surface area contributed by atoms with Gasteiger partial charge in [-0.25, -0.2) is 4.79 Å². The van der Waals surface area contributed by atoms with Crippen LogP contribution < -0.4 is 16.3 Å². The molecule has 1 unspecified atom stereocenters. The second-order valence-electron chi connectivity index (χ2n) is 10.8. The SMILES string of the molecule is Cc1cc(C2CCOC2)oc(=O)c1C(=O)N1CCCCNC(=O)c2cccc(c2)-c2cc(ccc2O)CCNC(=O)C1. The summed E-state index contributed by atoms with van der Waals surface area (Å²) in [6.07, 6.45) is 2.28. The van der Waals surface area contributed by atoms with E-state index in [4.69, 9.17) is 9.15 Å². The van der Waals surface area contributed by atoms with Crippen molar-refractivity contribution in [2.75, 3.05) is 39.4 Å². The van der Waals surface area contributed by atoms with Gasteiger partial charge in [-0.1, -0.05) is 18.2 Å². The van der Waals surface area contributed by atoms with Crippen LogP contribution in [0.25, 0.3) is 11.1 Å². The number of carbonyl (C=O) groups is 3. The van der Waals surface area contributed by atoms with E-state index in [1.165, 1.54) is 4.90 Å². The summed E-state index contributed by atoms with van der Waals surface area (Å²) in [5.74, 6) is -0.599. The first-order valence-corrected chi connectivity index (χ1v) is 14.3. The fourth-order valence-corrected chi connectivity index (χ4v) is 5.37. The minimum Gasteiger partial charge on any atom is -0.507 e. The molecule has 10 heteroatoms. The molecule has 5 rings (SSSR count). The van der Waals surface area contributed by atoms with Crippen molar-refractivity contribution in [2.45, 2.75) is 38.5 Å². The van der Waals surface area contributed by atoms with Gasteiger partial charge in [0.2, 0.25) is 5.91 Å². The third-order valence-electron chi connectivity index (χ3n) is 7.71. The number of amides is 3. The summed E-state index contributed by atoms with van der Waals surface area (Å²) in [7, 11) is 0. The van der Waals surface area contributed by atoms with Crippen molar-refractivity contribution in [3.05, 3.63) is 87.0 Å². The number of carbonyl (C=O) groups excluding carboxylic acids is 3. The first kappa shape index (κ1) is 29.1. The Labute approximate surface area is 243 Å². The number of hydrogen-bond acceptors (Lipinski definition) is 7. The van der Waals surface area contributed by atoms with Gasteiger partial charge in [0.25, 0.3) is 11.8 Å². The van der Waals surface area contributed by atoms with Crippen LogP contribution in [0, 0.1) is 6.92 Å². The molecule has 3 heterocycles. The van der Waals surface area contributed by atoms with Crippen LogP contribution in [0.15, 0.2) is 57.7 Å². The number of nitrogens with one attached hydrogen (secondary N) is 2. The van der Waals surface area contributed by atoms with E-state index in [-0.39, 0.29) is 42.1 Å². The van der Waals surface area contributed by atoms with Gasteiger partial charge in [0, 0.05) is 43.3 Å². The molecule has 1 aromatic heterocycles. The summed E-state index contributed by atoms with van der Waals surface area (Å²) in [4.78, 5) is 53.7. The maximum Gasteiger partial charge on any atom is 0.349 e. The topological polar surface area (TPSA) is 138 Å². The van der Waals surface area contributed by atoms with E-state index in [0.29, 0.717) is 73.6 Å². The van der Waals surface area contributed by atoms with Crippen LogP contribution in [0.2, 0.25) is 0 Å². The predicted octanol–water partition coefficient (Wildman–Crippen LogP) is 3.15. The normalized spacial score (nSPS) is 18.5. The van der Waals surface area contributed by atoms with Crippen molar-refractivity contribution >= 4 is 17.7 Å². The van der Waals surface area contributed by atoms with Gasteiger partial charge in [0.15, 0.2) is 0 Å². The van der Waals surface area contributed by atoms with Crippen molar-refractivity contribution in [1.82, 2.24) is 15.5 Å². The average Bonchev–Trinajstić information content (AvgIpc) is 3.52. The molecule has 1 atom stereocenters. The third-order valence-corrected chi connectivity index (χ3v) is 7.71. The number of ether oxygens (including phenoxy) is 1. The molecule has 0 spiro atoms. The monoisotopic (exact) mass is 573 g/mol. The van der Waals surface area contributed by atoms with Crippen molar-refractivity contribution in [1.29, 1.82) is 0 Å². The van der Waals surface area contributed by atoms with E-state index < -0.39 is 11.5 Å². The van der Waals surface area contributed by atoms with Gasteiger partial charge < -0.3 is 29.8 Å². The highest BCUT2D eigenvalue weighted by atomic mass is 16.5. The fourth-order valence-electron chi connectivity index (χ4n) is 5.37. The molecule has 3 N–H and O–H groups in total. The fraction of sp³-hybridized carbons (Fsp3) is 0.375. The Bertz CT molecular complexity index is 1540. The van der Waals surface area contributed by atoms with Crippen molar-refractivity contribution in [2.24, 2.45) is 0 Å². The van der Waals surface area contributed by atoms with Crippen LogP contribution >= 0.6 is 0 Å². The highest BCUT2D eigenvalue weighted by Crippen LogP contribution is 2.31. The van der Waals surface area contributed by atoms with Crippen molar-refractivity contribution in [3.63, 3.8) is 0 Å². The molecule has 3 amide bonds. The number of fused-ring (bicyclic) bond motifs is 5. The Morgan fingerprint density at radius 3 is 2.62 bits per heavy atom. The molecule has 2 aliphatic heterocycles. The Morgan fingerprint density at radius 1 is 1.00 bits per heavy atom. The Balaban J connectivity index is 1.36. The lowest BCUT2D eigenvalue weighted by Crippen LogP contribution is -2.43. The smallest absolute Gasteiger partial charge is 0.349 e. The summed E-state index contributed by atoms with van der Waals surface area (Å²) < 4.78 is 10.9. The molecule has 0 saturated carbocycles. The molecule has 220 valence electrons. The standard InChI is InChI=1S/C32H35N3O7/c1-20-15-27(24-10-14-41-19-24)42-32(40)29(20)31(39)35-13-3-2-11-34-30(38)23-6-4-5-22(17-23)25-16-21(7-8-26(25)36)9-12-33-28(37)18-35/h4-8,15-17,24,36H,2-3,9-14,18-19H2,1H3,(H,33,37)(H,34,38). The second-order valence-corrected chi connectivity index (χ2v) is 10.8. The highest BCUT2D eigenvalue weighted by molar-refractivity contribution is 5.97. The van der Waals surface area contributed by atoms with Crippen LogP contribution in [0.1, 0.15) is 62.8 Å². The van der Waals surface area contributed by atoms with Gasteiger partial charge in [-0.2, -0.15) is 0 Å². The minimum absolute atomic E-state index is 0.0230. The molecule has 1 saturated heterocycles. The Morgan fingerprint density at radius 2 is 1.83 bits per heavy atom. The van der Waals surface area contributed by atoms with E-state index in [9.17, 15) is 24.3 Å². The zero-order chi connectivity index (χ0) is 29.6. The van der Waals surface area contributed by atoms with E-state index in [2.05, 4.69) is 10.6 Å². The van der Waals surface area contributed by atoms with E-state index >= 15 is 0 Å². The molecule has 2 aliphatic rings. The van der Waals surface area contributed by atoms with Crippen LogP contribution in [0.4, 0.5) is 0 Å². The molecule has 42 heavy (non-hydrogen) atoms. The first-order chi connectivity index (χ1) is 20.3. The summed E-state index contributed by atoms with van der Waals surface area (Å²) in [5, 5.41) is 16.3. The van der Waals surface area contributed by atoms with Gasteiger partial charge in [0.1, 0.15) is 17.1 Å². The molecule has 10 nitrogen and oxygen atoms in total. The zero-order valence-electron chi connectivity index (χ0n) is 23.6. The van der Waals surface area contributed by atoms with E-state index in [0.717, 1.165) is 12.0 Å². The molecule has 2 aromatic carbocycles. The molecular weight excluding hydrogens is 538 g/mol. The largest absolute Gasteiger partial charge is 0.507 e. The quantitative estimate of drug-likeness (QED) is 0.428. The molecule has 0 aliphatic carbocycles. The number of benzene rings is 2. The van der Waals surface area contributed by atoms with E-state index in [1.807, 2.05) is 12.1 Å². The van der Waals surface area contributed by atoms with Crippen LogP contribution in [-0.2, 0) is 16.0 Å². The maximum absolute atomic E-state index is 13.6. The number of aryl methyl sites for hydroxylation is 1. The van der Waals surface area contributed by atoms with Gasteiger partial charge in [-0.05, 0) is 79.6 Å². The lowest BCUT2D eigenvalue weighted by atomic mass is 9.98. The molecular formula is C32H35N3O7. The molecule has 0 radical (unpaired) electrons. The Kier molecular flexibility index (Phi) is 9.02. The van der Waals surface area contributed by atoms with Gasteiger partial charge >= 0.3 is 5.63 Å². The summed E-state index contributed by atoms with van der Waals surface area (Å²) in [6.45, 7) is 3.42. The second kappa shape index (κ2) is 13.0. The number of hydrogen-bond donors (Lipinski definition) is 3. The average molecular weight is 574 g/mol. The van der Waals surface area contributed by atoms with E-state index in [1.54, 1.807) is 43.3 Å². The maximum atomic E-state index is 13.6. The van der Waals surface area contributed by atoms with Gasteiger partial charge in [-0.15, -0.1) is 0 Å². The first-order valence-electron chi connectivity index (χ1n) is 14.3. The number of aromatic hydroxyl groups is 1. The number of phenols is 1. The lowest BCUT2D eigenvalue weighted by Gasteiger charge is -2.23. The summed E-state index contributed by atoms with van der Waals surface area (Å²) in [5.41, 5.74) is 2.34. The zero-order valence-corrected chi connectivity index (χ0v) is 23.6. The molecule has 1 fully saturated rings. The lowest BCUT2D eigenvalue weighted by molar-refractivity contribution is -0.121. The molecule has 4 bridgehead atoms. The number of rotatable bonds is 2. The van der Waals surface area contributed by atoms with Gasteiger partial charge in [-0.3, -0.25) is 14.4 Å². The third kappa shape index (κ3) is 6.71. The predicted molar refractivity (Wildman–Crippen MR) is 156 cm³/mol. The van der Waals surface area contributed by atoms with Crippen LogP contribution in [0.3, 0.4) is 0 Å².